The lowest BCUT2D eigenvalue weighted by atomic mass is 9.89. The van der Waals surface area contributed by atoms with E-state index in [9.17, 15) is 22.8 Å². The van der Waals surface area contributed by atoms with Crippen LogP contribution in [0.15, 0.2) is 36.5 Å². The van der Waals surface area contributed by atoms with E-state index in [0.29, 0.717) is 37.3 Å². The van der Waals surface area contributed by atoms with E-state index in [0.717, 1.165) is 48.3 Å². The first-order chi connectivity index (χ1) is 16.8. The number of amides is 2. The zero-order chi connectivity index (χ0) is 24.6. The summed E-state index contributed by atoms with van der Waals surface area (Å²) in [6.07, 6.45) is -0.320. The second-order valence-electron chi connectivity index (χ2n) is 8.90. The van der Waals surface area contributed by atoms with Crippen molar-refractivity contribution in [2.24, 2.45) is 0 Å². The van der Waals surface area contributed by atoms with Crippen molar-refractivity contribution in [2.75, 3.05) is 19.6 Å². The molecule has 3 aromatic rings. The summed E-state index contributed by atoms with van der Waals surface area (Å²) < 4.78 is 40.9. The van der Waals surface area contributed by atoms with Crippen molar-refractivity contribution in [3.8, 4) is 5.75 Å². The highest BCUT2D eigenvalue weighted by molar-refractivity contribution is 5.94. The molecule has 0 saturated carbocycles. The van der Waals surface area contributed by atoms with Gasteiger partial charge in [0.2, 0.25) is 5.91 Å². The lowest BCUT2D eigenvalue weighted by Gasteiger charge is -2.32. The molecule has 2 aliphatic rings. The van der Waals surface area contributed by atoms with Crippen molar-refractivity contribution in [1.29, 1.82) is 0 Å². The number of H-pyrrole nitrogens is 1. The Balaban J connectivity index is 1.25. The van der Waals surface area contributed by atoms with Gasteiger partial charge in [-0.05, 0) is 61.1 Å². The van der Waals surface area contributed by atoms with E-state index in [1.807, 2.05) is 6.07 Å². The summed E-state index contributed by atoms with van der Waals surface area (Å²) >= 11 is 0. The maximum Gasteiger partial charge on any atom is 0.573 e. The Bertz CT molecular complexity index is 1220. The molecule has 4 heterocycles. The summed E-state index contributed by atoms with van der Waals surface area (Å²) in [5.74, 6) is 0.649. The molecule has 0 spiro atoms. The fourth-order valence-corrected chi connectivity index (χ4v) is 4.82. The van der Waals surface area contributed by atoms with Crippen LogP contribution < -0.4 is 10.1 Å². The molecule has 35 heavy (non-hydrogen) atoms. The summed E-state index contributed by atoms with van der Waals surface area (Å²) in [6.45, 7) is 1.62. The number of hydrogen-bond donors (Lipinski definition) is 2. The van der Waals surface area contributed by atoms with Crippen molar-refractivity contribution >= 4 is 23.0 Å². The summed E-state index contributed by atoms with van der Waals surface area (Å²) in [4.78, 5) is 38.6. The van der Waals surface area contributed by atoms with Gasteiger partial charge in [-0.1, -0.05) is 0 Å². The molecule has 1 unspecified atom stereocenters. The van der Waals surface area contributed by atoms with Gasteiger partial charge in [-0.2, -0.15) is 0 Å². The number of hydrogen-bond acceptors (Lipinski definition) is 5. The fraction of sp³-hybridized carbons (Fsp3) is 0.417. The molecule has 0 bridgehead atoms. The summed E-state index contributed by atoms with van der Waals surface area (Å²) in [6, 6.07) is 6.97. The van der Waals surface area contributed by atoms with Crippen molar-refractivity contribution in [3.05, 3.63) is 53.5 Å². The summed E-state index contributed by atoms with van der Waals surface area (Å²) in [5.41, 5.74) is 2.97. The van der Waals surface area contributed by atoms with Gasteiger partial charge >= 0.3 is 6.36 Å². The topological polar surface area (TPSA) is 100 Å². The van der Waals surface area contributed by atoms with E-state index in [4.69, 9.17) is 0 Å². The molecule has 0 aliphatic carbocycles. The number of fused-ring (bicyclic) bond motifs is 1. The Morgan fingerprint density at radius 3 is 2.46 bits per heavy atom. The number of benzene rings is 1. The Kier molecular flexibility index (Phi) is 6.08. The molecule has 184 valence electrons. The summed E-state index contributed by atoms with van der Waals surface area (Å²) in [7, 11) is 0. The molecular formula is C24H24F3N5O3. The quantitative estimate of drug-likeness (QED) is 0.582. The number of likely N-dealkylation sites (tertiary alicyclic amines) is 1. The maximum absolute atomic E-state index is 12.9. The number of halogens is 3. The Morgan fingerprint density at radius 1 is 1.06 bits per heavy atom. The standard InChI is InChI=1S/C24H24F3N5O3/c25-24(26,27)35-17-4-1-15(2-5-17)23(34)32-11-8-14(9-12-32)18-7-10-28-22-20(18)30-21(31-22)16-3-6-19(33)29-13-16/h1-2,4-5,7,10,14,16H,3,6,8-9,11-13H2,(H,29,33)(H,28,30,31). The van der Waals surface area contributed by atoms with Crippen molar-refractivity contribution in [3.63, 3.8) is 0 Å². The van der Waals surface area contributed by atoms with Crippen LogP contribution in [0.1, 0.15) is 59.3 Å². The molecule has 11 heteroatoms. The van der Waals surface area contributed by atoms with E-state index in [1.165, 1.54) is 12.1 Å². The lowest BCUT2D eigenvalue weighted by Crippen LogP contribution is -2.38. The minimum atomic E-state index is -4.77. The van der Waals surface area contributed by atoms with Crippen LogP contribution in [0.2, 0.25) is 0 Å². The molecule has 5 rings (SSSR count). The van der Waals surface area contributed by atoms with Gasteiger partial charge in [0.15, 0.2) is 5.65 Å². The predicted molar refractivity (Wildman–Crippen MR) is 120 cm³/mol. The van der Waals surface area contributed by atoms with Gasteiger partial charge in [0.1, 0.15) is 11.6 Å². The van der Waals surface area contributed by atoms with Gasteiger partial charge < -0.3 is 19.9 Å². The van der Waals surface area contributed by atoms with Gasteiger partial charge in [0, 0.05) is 43.7 Å². The SMILES string of the molecule is O=C1CCC(c2nc3nccc(C4CCN(C(=O)c5ccc(OC(F)(F)F)cc5)CC4)c3[nH]2)CN1. The Labute approximate surface area is 198 Å². The number of ether oxygens (including phenoxy) is 1. The largest absolute Gasteiger partial charge is 0.573 e. The van der Waals surface area contributed by atoms with E-state index in [2.05, 4.69) is 25.0 Å². The molecule has 2 aliphatic heterocycles. The highest BCUT2D eigenvalue weighted by atomic mass is 19.4. The summed E-state index contributed by atoms with van der Waals surface area (Å²) in [5, 5.41) is 2.88. The van der Waals surface area contributed by atoms with E-state index in [-0.39, 0.29) is 29.4 Å². The smallest absolute Gasteiger partial charge is 0.406 e. The van der Waals surface area contributed by atoms with Crippen LogP contribution in [0, 0.1) is 0 Å². The number of carbonyl (C=O) groups excluding carboxylic acids is 2. The number of imidazole rings is 1. The number of rotatable bonds is 4. The van der Waals surface area contributed by atoms with E-state index < -0.39 is 6.36 Å². The fourth-order valence-electron chi connectivity index (χ4n) is 4.82. The maximum atomic E-state index is 12.9. The molecular weight excluding hydrogens is 463 g/mol. The molecule has 0 radical (unpaired) electrons. The third kappa shape index (κ3) is 5.08. The van der Waals surface area contributed by atoms with Crippen LogP contribution in [0.25, 0.3) is 11.2 Å². The predicted octanol–water partition coefficient (Wildman–Crippen LogP) is 3.87. The number of alkyl halides is 3. The van der Waals surface area contributed by atoms with E-state index in [1.54, 1.807) is 11.1 Å². The molecule has 8 nitrogen and oxygen atoms in total. The van der Waals surface area contributed by atoms with Crippen molar-refractivity contribution < 1.29 is 27.5 Å². The monoisotopic (exact) mass is 487 g/mol. The van der Waals surface area contributed by atoms with E-state index >= 15 is 0 Å². The van der Waals surface area contributed by atoms with Gasteiger partial charge in [-0.25, -0.2) is 9.97 Å². The van der Waals surface area contributed by atoms with Crippen LogP contribution in [0.3, 0.4) is 0 Å². The Hall–Kier alpha value is -3.63. The van der Waals surface area contributed by atoms with Gasteiger partial charge in [0.25, 0.3) is 5.91 Å². The van der Waals surface area contributed by atoms with Crippen LogP contribution in [-0.2, 0) is 4.79 Å². The van der Waals surface area contributed by atoms with Gasteiger partial charge in [-0.3, -0.25) is 9.59 Å². The second kappa shape index (κ2) is 9.20. The molecule has 2 N–H and O–H groups in total. The minimum Gasteiger partial charge on any atom is -0.406 e. The first kappa shape index (κ1) is 23.1. The highest BCUT2D eigenvalue weighted by Gasteiger charge is 2.31. The van der Waals surface area contributed by atoms with Crippen LogP contribution in [0.5, 0.6) is 5.75 Å². The van der Waals surface area contributed by atoms with Crippen molar-refractivity contribution in [2.45, 2.75) is 43.9 Å². The number of aromatic nitrogens is 3. The molecule has 1 aromatic carbocycles. The number of carbonyl (C=O) groups is 2. The minimum absolute atomic E-state index is 0.0584. The molecule has 2 amide bonds. The van der Waals surface area contributed by atoms with Crippen LogP contribution in [0.4, 0.5) is 13.2 Å². The van der Waals surface area contributed by atoms with Gasteiger partial charge in [-0.15, -0.1) is 13.2 Å². The molecule has 1 atom stereocenters. The second-order valence-corrected chi connectivity index (χ2v) is 8.90. The average molecular weight is 487 g/mol. The third-order valence-corrected chi connectivity index (χ3v) is 6.65. The average Bonchev–Trinajstić information content (AvgIpc) is 3.28. The number of nitrogens with one attached hydrogen (secondary N) is 2. The zero-order valence-corrected chi connectivity index (χ0v) is 18.8. The van der Waals surface area contributed by atoms with Crippen LogP contribution >= 0.6 is 0 Å². The first-order valence-corrected chi connectivity index (χ1v) is 11.5. The molecule has 2 fully saturated rings. The lowest BCUT2D eigenvalue weighted by molar-refractivity contribution is -0.274. The third-order valence-electron chi connectivity index (χ3n) is 6.65. The number of nitrogens with zero attached hydrogens (tertiary/aromatic N) is 3. The first-order valence-electron chi connectivity index (χ1n) is 11.5. The number of aromatic amines is 1. The Morgan fingerprint density at radius 2 is 1.80 bits per heavy atom. The van der Waals surface area contributed by atoms with Gasteiger partial charge in [0.05, 0.1) is 5.52 Å². The van der Waals surface area contributed by atoms with Crippen molar-refractivity contribution in [1.82, 2.24) is 25.2 Å². The zero-order valence-electron chi connectivity index (χ0n) is 18.8. The number of pyridine rings is 1. The highest BCUT2D eigenvalue weighted by Crippen LogP contribution is 2.33. The number of piperidine rings is 2. The molecule has 2 saturated heterocycles. The normalized spacial score (nSPS) is 19.6. The molecule has 2 aromatic heterocycles. The van der Waals surface area contributed by atoms with Crippen LogP contribution in [-0.4, -0.2) is 57.7 Å².